The monoisotopic (exact) mass is 586 g/mol. The summed E-state index contributed by atoms with van der Waals surface area (Å²) < 4.78 is 0. The molecule has 0 spiro atoms. The van der Waals surface area contributed by atoms with Gasteiger partial charge in [-0.1, -0.05) is 60.2 Å². The van der Waals surface area contributed by atoms with Crippen LogP contribution in [0.3, 0.4) is 0 Å². The average molecular weight is 587 g/mol. The van der Waals surface area contributed by atoms with Crippen LogP contribution in [0.4, 0.5) is 34.1 Å². The zero-order chi connectivity index (χ0) is 31.7. The van der Waals surface area contributed by atoms with Crippen molar-refractivity contribution in [1.82, 2.24) is 0 Å². The fourth-order valence-electron chi connectivity index (χ4n) is 6.03. The van der Waals surface area contributed by atoms with Gasteiger partial charge in [0.2, 0.25) is 0 Å². The predicted octanol–water partition coefficient (Wildman–Crippen LogP) is 12.5. The predicted molar refractivity (Wildman–Crippen MR) is 194 cm³/mol. The van der Waals surface area contributed by atoms with Crippen molar-refractivity contribution >= 4 is 34.1 Å². The minimum atomic E-state index is 1.15. The van der Waals surface area contributed by atoms with E-state index >= 15 is 0 Å². The lowest BCUT2D eigenvalue weighted by atomic mass is 9.98. The second-order valence-electron chi connectivity index (χ2n) is 12.4. The van der Waals surface area contributed by atoms with Gasteiger partial charge in [-0.15, -0.1) is 0 Å². The molecule has 0 bridgehead atoms. The molecule has 0 unspecified atom stereocenters. The fourth-order valence-corrected chi connectivity index (χ4v) is 6.03. The van der Waals surface area contributed by atoms with Crippen molar-refractivity contribution in [3.63, 3.8) is 0 Å². The summed E-state index contributed by atoms with van der Waals surface area (Å²) >= 11 is 0. The van der Waals surface area contributed by atoms with Gasteiger partial charge in [0.05, 0.1) is 0 Å². The first-order chi connectivity index (χ1) is 21.7. The summed E-state index contributed by atoms with van der Waals surface area (Å²) in [5, 5.41) is 0. The van der Waals surface area contributed by atoms with Gasteiger partial charge in [-0.25, -0.2) is 0 Å². The number of rotatable bonds is 7. The summed E-state index contributed by atoms with van der Waals surface area (Å²) in [6, 6.07) is 46.6. The lowest BCUT2D eigenvalue weighted by Crippen LogP contribution is -2.12. The quantitative estimate of drug-likeness (QED) is 0.184. The highest BCUT2D eigenvalue weighted by Gasteiger charge is 2.18. The maximum Gasteiger partial charge on any atom is 0.0491 e. The van der Waals surface area contributed by atoms with Gasteiger partial charge in [-0.05, 0) is 166 Å². The van der Waals surface area contributed by atoms with E-state index in [1.165, 1.54) is 72.8 Å². The van der Waals surface area contributed by atoms with Gasteiger partial charge in [0.25, 0.3) is 0 Å². The van der Waals surface area contributed by atoms with Crippen LogP contribution in [0, 0.1) is 48.5 Å². The standard InChI is InChI=1S/C43H42N2/c1-29-13-19-39(20-14-29)45(41-22-16-31(3)33(5)28-41)43-24-18-37(26-35(43)7)36-17-23-42(34(6)25-36)44(38-11-9-8-10-12-38)40-21-15-30(2)32(4)27-40/h8-28H,1-7H3. The molecule has 0 aliphatic rings. The molecule has 0 atom stereocenters. The molecule has 0 aliphatic heterocycles. The Labute approximate surface area is 269 Å². The summed E-state index contributed by atoms with van der Waals surface area (Å²) in [4.78, 5) is 4.74. The summed E-state index contributed by atoms with van der Waals surface area (Å²) in [6.07, 6.45) is 0. The van der Waals surface area contributed by atoms with Crippen molar-refractivity contribution < 1.29 is 0 Å². The minimum Gasteiger partial charge on any atom is -0.310 e. The molecule has 0 N–H and O–H groups in total. The van der Waals surface area contributed by atoms with Crippen molar-refractivity contribution in [2.75, 3.05) is 9.80 Å². The average Bonchev–Trinajstić information content (AvgIpc) is 3.04. The highest BCUT2D eigenvalue weighted by atomic mass is 15.1. The lowest BCUT2D eigenvalue weighted by Gasteiger charge is -2.29. The lowest BCUT2D eigenvalue weighted by molar-refractivity contribution is 1.22. The number of hydrogen-bond acceptors (Lipinski definition) is 2. The zero-order valence-electron chi connectivity index (χ0n) is 27.5. The molecular weight excluding hydrogens is 544 g/mol. The SMILES string of the molecule is Cc1ccc(N(c2ccc(C)c(C)c2)c2ccc(-c3ccc(N(c4ccccc4)c4ccc(C)c(C)c4)c(C)c3)cc2C)cc1. The van der Waals surface area contributed by atoms with Crippen molar-refractivity contribution in [2.24, 2.45) is 0 Å². The van der Waals surface area contributed by atoms with E-state index in [0.29, 0.717) is 0 Å². The molecule has 2 heteroatoms. The highest BCUT2D eigenvalue weighted by Crippen LogP contribution is 2.41. The largest absolute Gasteiger partial charge is 0.310 e. The van der Waals surface area contributed by atoms with Gasteiger partial charge in [0, 0.05) is 34.1 Å². The molecule has 45 heavy (non-hydrogen) atoms. The molecular formula is C43H42N2. The first-order valence-corrected chi connectivity index (χ1v) is 15.8. The Bertz CT molecular complexity index is 1970. The highest BCUT2D eigenvalue weighted by molar-refractivity contribution is 5.83. The van der Waals surface area contributed by atoms with E-state index in [1.54, 1.807) is 0 Å². The smallest absolute Gasteiger partial charge is 0.0491 e. The van der Waals surface area contributed by atoms with Crippen LogP contribution < -0.4 is 9.80 Å². The van der Waals surface area contributed by atoms with Crippen LogP contribution >= 0.6 is 0 Å². The van der Waals surface area contributed by atoms with E-state index in [-0.39, 0.29) is 0 Å². The van der Waals surface area contributed by atoms with Gasteiger partial charge >= 0.3 is 0 Å². The summed E-state index contributed by atoms with van der Waals surface area (Å²) in [5.41, 5.74) is 18.4. The Morgan fingerprint density at radius 3 is 1.16 bits per heavy atom. The third-order valence-corrected chi connectivity index (χ3v) is 9.01. The Balaban J connectivity index is 1.39. The molecule has 0 fully saturated rings. The van der Waals surface area contributed by atoms with Crippen molar-refractivity contribution in [3.8, 4) is 11.1 Å². The number of para-hydroxylation sites is 1. The molecule has 0 amide bonds. The van der Waals surface area contributed by atoms with Gasteiger partial charge in [0.1, 0.15) is 0 Å². The van der Waals surface area contributed by atoms with E-state index in [0.717, 1.165) is 11.4 Å². The molecule has 224 valence electrons. The molecule has 6 rings (SSSR count). The van der Waals surface area contributed by atoms with Crippen LogP contribution in [0.1, 0.15) is 38.9 Å². The normalized spacial score (nSPS) is 11.0. The minimum absolute atomic E-state index is 1.15. The van der Waals surface area contributed by atoms with Crippen molar-refractivity contribution in [3.05, 3.63) is 166 Å². The molecule has 0 radical (unpaired) electrons. The van der Waals surface area contributed by atoms with E-state index in [4.69, 9.17) is 0 Å². The number of anilines is 6. The van der Waals surface area contributed by atoms with Crippen LogP contribution in [-0.2, 0) is 0 Å². The zero-order valence-corrected chi connectivity index (χ0v) is 27.5. The first-order valence-electron chi connectivity index (χ1n) is 15.8. The van der Waals surface area contributed by atoms with Crippen LogP contribution in [-0.4, -0.2) is 0 Å². The summed E-state index contributed by atoms with van der Waals surface area (Å²) in [7, 11) is 0. The topological polar surface area (TPSA) is 6.48 Å². The Morgan fingerprint density at radius 1 is 0.311 bits per heavy atom. The van der Waals surface area contributed by atoms with E-state index in [2.05, 4.69) is 186 Å². The molecule has 0 aromatic heterocycles. The van der Waals surface area contributed by atoms with Gasteiger partial charge in [-0.2, -0.15) is 0 Å². The Hall–Kier alpha value is -5.08. The maximum atomic E-state index is 2.38. The molecule has 6 aromatic carbocycles. The van der Waals surface area contributed by atoms with Gasteiger partial charge in [0.15, 0.2) is 0 Å². The van der Waals surface area contributed by atoms with Gasteiger partial charge < -0.3 is 9.80 Å². The van der Waals surface area contributed by atoms with E-state index in [1.807, 2.05) is 0 Å². The first kappa shape index (κ1) is 30.0. The van der Waals surface area contributed by atoms with Crippen molar-refractivity contribution in [2.45, 2.75) is 48.5 Å². The third-order valence-electron chi connectivity index (χ3n) is 9.01. The molecule has 0 saturated carbocycles. The number of nitrogens with zero attached hydrogens (tertiary/aromatic N) is 2. The Morgan fingerprint density at radius 2 is 0.733 bits per heavy atom. The number of hydrogen-bond donors (Lipinski definition) is 0. The van der Waals surface area contributed by atoms with Gasteiger partial charge in [-0.3, -0.25) is 0 Å². The molecule has 6 aromatic rings. The van der Waals surface area contributed by atoms with Crippen LogP contribution in [0.25, 0.3) is 11.1 Å². The molecule has 0 saturated heterocycles. The van der Waals surface area contributed by atoms with Crippen LogP contribution in [0.2, 0.25) is 0 Å². The Kier molecular flexibility index (Phi) is 8.32. The van der Waals surface area contributed by atoms with E-state index < -0.39 is 0 Å². The maximum absolute atomic E-state index is 2.38. The molecule has 0 heterocycles. The second-order valence-corrected chi connectivity index (χ2v) is 12.4. The second kappa shape index (κ2) is 12.5. The van der Waals surface area contributed by atoms with Crippen molar-refractivity contribution in [1.29, 1.82) is 0 Å². The fraction of sp³-hybridized carbons (Fsp3) is 0.163. The summed E-state index contributed by atoms with van der Waals surface area (Å²) in [5.74, 6) is 0. The number of aryl methyl sites for hydroxylation is 7. The third kappa shape index (κ3) is 6.14. The van der Waals surface area contributed by atoms with Crippen LogP contribution in [0.15, 0.2) is 127 Å². The molecule has 2 nitrogen and oxygen atoms in total. The van der Waals surface area contributed by atoms with Crippen LogP contribution in [0.5, 0.6) is 0 Å². The van der Waals surface area contributed by atoms with E-state index in [9.17, 15) is 0 Å². The molecule has 0 aliphatic carbocycles. The summed E-state index contributed by atoms with van der Waals surface area (Å²) in [6.45, 7) is 15.3. The number of benzene rings is 6.